The van der Waals surface area contributed by atoms with Crippen LogP contribution in [0.3, 0.4) is 0 Å². The molecule has 1 amide bonds. The topological polar surface area (TPSA) is 143 Å². The van der Waals surface area contributed by atoms with Gasteiger partial charge in [-0.05, 0) is 42.5 Å². The number of carbonyl (C=O) groups excluding carboxylic acids is 1. The summed E-state index contributed by atoms with van der Waals surface area (Å²) in [4.78, 5) is 23.9. The van der Waals surface area contributed by atoms with Crippen LogP contribution in [0.4, 0.5) is 18.9 Å². The first-order valence-electron chi connectivity index (χ1n) is 12.9. The van der Waals surface area contributed by atoms with E-state index in [1.807, 2.05) is 25.2 Å². The number of alkyl halides is 3. The van der Waals surface area contributed by atoms with E-state index in [0.29, 0.717) is 62.1 Å². The summed E-state index contributed by atoms with van der Waals surface area (Å²) in [6.07, 6.45) is -2.13. The molecule has 1 aliphatic heterocycles. The van der Waals surface area contributed by atoms with Crippen molar-refractivity contribution in [3.63, 3.8) is 0 Å². The molecule has 2 aromatic carbocycles. The van der Waals surface area contributed by atoms with Gasteiger partial charge in [0, 0.05) is 62.8 Å². The Balaban J connectivity index is 0.000000646. The Bertz CT molecular complexity index is 1520. The fourth-order valence-electron chi connectivity index (χ4n) is 4.11. The summed E-state index contributed by atoms with van der Waals surface area (Å²) in [6, 6.07) is 14.4. The number of hydrogen-bond acceptors (Lipinski definition) is 8. The Labute approximate surface area is 246 Å². The lowest BCUT2D eigenvalue weighted by Crippen LogP contribution is -2.49. The first kappa shape index (κ1) is 33.4. The zero-order valence-corrected chi connectivity index (χ0v) is 24.5. The predicted molar refractivity (Wildman–Crippen MR) is 152 cm³/mol. The number of anilines is 1. The van der Waals surface area contributed by atoms with E-state index in [-0.39, 0.29) is 5.91 Å². The Morgan fingerprint density at radius 2 is 1.74 bits per heavy atom. The molecule has 1 fully saturated rings. The lowest BCUT2D eigenvalue weighted by atomic mass is 10.1. The van der Waals surface area contributed by atoms with E-state index in [4.69, 9.17) is 19.4 Å². The number of nitrogens with zero attached hydrogens (tertiary/aromatic N) is 4. The normalized spacial score (nSPS) is 14.4. The number of nitrogens with one attached hydrogen (secondary N) is 1. The van der Waals surface area contributed by atoms with Crippen LogP contribution in [0.1, 0.15) is 10.4 Å². The van der Waals surface area contributed by atoms with Crippen LogP contribution in [-0.4, -0.2) is 103 Å². The van der Waals surface area contributed by atoms with Gasteiger partial charge >= 0.3 is 12.1 Å². The van der Waals surface area contributed by atoms with Crippen molar-refractivity contribution in [3.05, 3.63) is 60.3 Å². The highest BCUT2D eigenvalue weighted by Crippen LogP contribution is 2.33. The summed E-state index contributed by atoms with van der Waals surface area (Å²) in [5.41, 5.74) is 2.78. The van der Waals surface area contributed by atoms with Gasteiger partial charge in [-0.3, -0.25) is 14.4 Å². The molecule has 0 radical (unpaired) electrons. The Kier molecular flexibility index (Phi) is 11.1. The largest absolute Gasteiger partial charge is 0.497 e. The number of aliphatic carboxylic acids is 1. The van der Waals surface area contributed by atoms with Crippen molar-refractivity contribution in [2.45, 2.75) is 6.18 Å². The van der Waals surface area contributed by atoms with Crippen LogP contribution in [0.15, 0.2) is 54.7 Å². The van der Waals surface area contributed by atoms with Gasteiger partial charge in [0.1, 0.15) is 18.1 Å². The fourth-order valence-corrected chi connectivity index (χ4v) is 4.94. The lowest BCUT2D eigenvalue weighted by Gasteiger charge is -2.33. The predicted octanol–water partition coefficient (Wildman–Crippen LogP) is 2.94. The average molecular weight is 628 g/mol. The Morgan fingerprint density at radius 3 is 2.30 bits per heavy atom. The maximum atomic E-state index is 12.8. The highest BCUT2D eigenvalue weighted by Gasteiger charge is 2.38. The molecule has 0 atom stereocenters. The van der Waals surface area contributed by atoms with Gasteiger partial charge in [0.25, 0.3) is 5.91 Å². The number of carboxylic acid groups (broad SMARTS) is 1. The van der Waals surface area contributed by atoms with Gasteiger partial charge in [-0.1, -0.05) is 6.07 Å². The number of aryl methyl sites for hydroxylation is 1. The molecule has 1 saturated heterocycles. The van der Waals surface area contributed by atoms with Gasteiger partial charge in [0.05, 0.1) is 19.1 Å². The smallest absolute Gasteiger partial charge is 0.490 e. The molecule has 43 heavy (non-hydrogen) atoms. The molecule has 1 aromatic heterocycles. The molecule has 12 nitrogen and oxygen atoms in total. The molecular weight excluding hydrogens is 595 g/mol. The van der Waals surface area contributed by atoms with E-state index in [1.165, 1.54) is 10.6 Å². The van der Waals surface area contributed by atoms with E-state index in [1.54, 1.807) is 48.3 Å². The summed E-state index contributed by atoms with van der Waals surface area (Å²) in [7, 11) is 0.259. The maximum Gasteiger partial charge on any atom is 0.490 e. The Morgan fingerprint density at radius 1 is 1.07 bits per heavy atom. The number of aromatic nitrogens is 2. The molecular formula is C27H32F3N5O7S. The van der Waals surface area contributed by atoms with Crippen LogP contribution in [0, 0.1) is 0 Å². The third-order valence-corrected chi connectivity index (χ3v) is 7.68. The van der Waals surface area contributed by atoms with E-state index < -0.39 is 22.2 Å². The maximum absolute atomic E-state index is 12.8. The second-order valence-corrected chi connectivity index (χ2v) is 11.4. The number of carboxylic acids is 1. The van der Waals surface area contributed by atoms with Crippen LogP contribution in [0.5, 0.6) is 11.5 Å². The number of methoxy groups -OCH3 is 1. The number of amides is 1. The van der Waals surface area contributed by atoms with Gasteiger partial charge in [-0.15, -0.1) is 0 Å². The standard InChI is InChI=1S/C25H31N5O5S.C2HF3O2/c1-28-23(9-10-26-28)22-18-20(27-25(31)19-5-4-6-21(17-19)34-2)7-8-24(22)35-16-15-29-11-13-30(14-12-29)36(3,32)33;3-2(4,5)1(6)7/h4-10,17-18H,11-16H2,1-3H3,(H,27,31);(H,6,7). The van der Waals surface area contributed by atoms with Crippen LogP contribution in [0.25, 0.3) is 11.3 Å². The lowest BCUT2D eigenvalue weighted by molar-refractivity contribution is -0.192. The molecule has 0 bridgehead atoms. The van der Waals surface area contributed by atoms with E-state index in [9.17, 15) is 26.4 Å². The van der Waals surface area contributed by atoms with Crippen molar-refractivity contribution in [2.24, 2.45) is 7.05 Å². The van der Waals surface area contributed by atoms with Gasteiger partial charge in [-0.25, -0.2) is 13.2 Å². The summed E-state index contributed by atoms with van der Waals surface area (Å²) < 4.78 is 69.8. The molecule has 0 unspecified atom stereocenters. The number of hydrogen-bond donors (Lipinski definition) is 2. The number of piperazine rings is 1. The molecule has 3 aromatic rings. The zero-order valence-electron chi connectivity index (χ0n) is 23.7. The summed E-state index contributed by atoms with van der Waals surface area (Å²) >= 11 is 0. The second kappa shape index (κ2) is 14.3. The number of ether oxygens (including phenoxy) is 2. The van der Waals surface area contributed by atoms with Crippen molar-refractivity contribution in [1.82, 2.24) is 19.0 Å². The molecule has 1 aliphatic rings. The van der Waals surface area contributed by atoms with Crippen LogP contribution in [-0.2, 0) is 21.9 Å². The highest BCUT2D eigenvalue weighted by molar-refractivity contribution is 7.88. The summed E-state index contributed by atoms with van der Waals surface area (Å²) in [5, 5.41) is 14.3. The molecule has 0 aliphatic carbocycles. The minimum absolute atomic E-state index is 0.244. The first-order valence-corrected chi connectivity index (χ1v) is 14.7. The third kappa shape index (κ3) is 9.69. The van der Waals surface area contributed by atoms with Crippen molar-refractivity contribution in [2.75, 3.05) is 58.0 Å². The molecule has 2 N–H and O–H groups in total. The highest BCUT2D eigenvalue weighted by atomic mass is 32.2. The molecule has 0 saturated carbocycles. The van der Waals surface area contributed by atoms with Gasteiger partial charge in [-0.2, -0.15) is 22.6 Å². The number of carbonyl (C=O) groups is 2. The van der Waals surface area contributed by atoms with E-state index in [0.717, 1.165) is 11.3 Å². The fraction of sp³-hybridized carbons (Fsp3) is 0.370. The summed E-state index contributed by atoms with van der Waals surface area (Å²) in [5.74, 6) is -1.72. The van der Waals surface area contributed by atoms with E-state index >= 15 is 0 Å². The third-order valence-electron chi connectivity index (χ3n) is 6.37. The molecule has 16 heteroatoms. The Hall–Kier alpha value is -4.15. The minimum atomic E-state index is -5.08. The molecule has 4 rings (SSSR count). The minimum Gasteiger partial charge on any atom is -0.497 e. The SMILES string of the molecule is COc1cccc(C(=O)Nc2ccc(OCCN3CCN(S(C)(=O)=O)CC3)c(-c3ccnn3C)c2)c1.O=C(O)C(F)(F)F. The van der Waals surface area contributed by atoms with Crippen molar-refractivity contribution < 1.29 is 45.8 Å². The van der Waals surface area contributed by atoms with Crippen molar-refractivity contribution in [1.29, 1.82) is 0 Å². The number of halogens is 3. The monoisotopic (exact) mass is 627 g/mol. The quantitative estimate of drug-likeness (QED) is 0.366. The summed E-state index contributed by atoms with van der Waals surface area (Å²) in [6.45, 7) is 3.43. The van der Waals surface area contributed by atoms with Crippen LogP contribution < -0.4 is 14.8 Å². The second-order valence-electron chi connectivity index (χ2n) is 9.39. The van der Waals surface area contributed by atoms with Crippen LogP contribution >= 0.6 is 0 Å². The molecule has 2 heterocycles. The molecule has 0 spiro atoms. The van der Waals surface area contributed by atoms with Crippen molar-refractivity contribution in [3.8, 4) is 22.8 Å². The van der Waals surface area contributed by atoms with Gasteiger partial charge in [0.2, 0.25) is 10.0 Å². The average Bonchev–Trinajstić information content (AvgIpc) is 3.38. The molecule has 234 valence electrons. The van der Waals surface area contributed by atoms with Crippen molar-refractivity contribution >= 4 is 27.6 Å². The number of benzene rings is 2. The first-order chi connectivity index (χ1) is 20.2. The number of sulfonamides is 1. The zero-order chi connectivity index (χ0) is 31.8. The number of rotatable bonds is 9. The van der Waals surface area contributed by atoms with E-state index in [2.05, 4.69) is 15.3 Å². The van der Waals surface area contributed by atoms with Crippen LogP contribution in [0.2, 0.25) is 0 Å². The van der Waals surface area contributed by atoms with Gasteiger partial charge in [0.15, 0.2) is 0 Å². The van der Waals surface area contributed by atoms with Gasteiger partial charge < -0.3 is 19.9 Å².